The lowest BCUT2D eigenvalue weighted by Crippen LogP contribution is -2.32. The minimum atomic E-state index is -0.625. The maximum Gasteiger partial charge on any atom is 0.287 e. The number of nitrogens with zero attached hydrogens (tertiary/aromatic N) is 2. The van der Waals surface area contributed by atoms with Gasteiger partial charge in [0.15, 0.2) is 0 Å². The van der Waals surface area contributed by atoms with Crippen LogP contribution in [-0.2, 0) is 4.79 Å². The average Bonchev–Trinajstić information content (AvgIpc) is 2.85. The van der Waals surface area contributed by atoms with Crippen molar-refractivity contribution in [1.82, 2.24) is 10.7 Å². The van der Waals surface area contributed by atoms with Crippen LogP contribution in [-0.4, -0.2) is 44.3 Å². The van der Waals surface area contributed by atoms with Crippen molar-refractivity contribution in [2.45, 2.75) is 0 Å². The summed E-state index contributed by atoms with van der Waals surface area (Å²) in [6.07, 6.45) is 2.85. The molecule has 2 amide bonds. The number of phenols is 1. The molecule has 0 radical (unpaired) electrons. The minimum Gasteiger partial charge on any atom is -0.507 e. The van der Waals surface area contributed by atoms with E-state index < -0.39 is 11.8 Å². The van der Waals surface area contributed by atoms with Crippen LogP contribution < -0.4 is 20.4 Å². The molecule has 3 aromatic carbocycles. The molecule has 0 saturated carbocycles. The van der Waals surface area contributed by atoms with E-state index in [4.69, 9.17) is 4.74 Å². The zero-order valence-corrected chi connectivity index (χ0v) is 19.1. The number of hydrogen-bond donors (Lipinski definition) is 3. The number of phenolic OH excluding ortho intramolecular Hbond substituents is 1. The van der Waals surface area contributed by atoms with Gasteiger partial charge in [-0.05, 0) is 54.1 Å². The fraction of sp³-hybridized carbons (Fsp3) is 0.115. The molecule has 3 N–H and O–H groups in total. The molecule has 8 heteroatoms. The number of hydrogen-bond acceptors (Lipinski definition) is 6. The third-order valence-corrected chi connectivity index (χ3v) is 4.85. The number of aromatic hydroxyl groups is 1. The molecule has 0 saturated heterocycles. The first kappa shape index (κ1) is 24.1. The van der Waals surface area contributed by atoms with Gasteiger partial charge in [-0.15, -0.1) is 0 Å². The van der Waals surface area contributed by atoms with Crippen molar-refractivity contribution in [3.63, 3.8) is 0 Å². The molecule has 0 spiro atoms. The number of nitrogens with one attached hydrogen (secondary N) is 2. The van der Waals surface area contributed by atoms with Gasteiger partial charge >= 0.3 is 0 Å². The first-order valence-corrected chi connectivity index (χ1v) is 10.4. The summed E-state index contributed by atoms with van der Waals surface area (Å²) in [5.41, 5.74) is 4.89. The van der Waals surface area contributed by atoms with E-state index in [2.05, 4.69) is 15.8 Å². The van der Waals surface area contributed by atoms with Gasteiger partial charge in [0.05, 0.1) is 13.3 Å². The highest BCUT2D eigenvalue weighted by Gasteiger charge is 2.14. The fourth-order valence-corrected chi connectivity index (χ4v) is 2.96. The number of anilines is 1. The topological polar surface area (TPSA) is 103 Å². The van der Waals surface area contributed by atoms with Crippen LogP contribution in [0.25, 0.3) is 6.08 Å². The third-order valence-electron chi connectivity index (χ3n) is 4.85. The summed E-state index contributed by atoms with van der Waals surface area (Å²) < 4.78 is 5.13. The van der Waals surface area contributed by atoms with Crippen molar-refractivity contribution in [2.75, 3.05) is 26.1 Å². The SMILES string of the molecule is COc1ccc(O)c(/C=N/NC(=O)/C(=C\c2ccc(N(C)C)cc2)NC(=O)c2ccccc2)c1. The van der Waals surface area contributed by atoms with Crippen LogP contribution in [0.4, 0.5) is 5.69 Å². The molecule has 3 rings (SSSR count). The summed E-state index contributed by atoms with van der Waals surface area (Å²) in [6, 6.07) is 20.7. The van der Waals surface area contributed by atoms with Crippen LogP contribution in [0.1, 0.15) is 21.5 Å². The Hall–Kier alpha value is -4.59. The smallest absolute Gasteiger partial charge is 0.287 e. The van der Waals surface area contributed by atoms with Crippen molar-refractivity contribution in [1.29, 1.82) is 0 Å². The van der Waals surface area contributed by atoms with E-state index in [9.17, 15) is 14.7 Å². The highest BCUT2D eigenvalue weighted by atomic mass is 16.5. The van der Waals surface area contributed by atoms with E-state index in [1.54, 1.807) is 48.5 Å². The Morgan fingerprint density at radius 2 is 1.71 bits per heavy atom. The predicted octanol–water partition coefficient (Wildman–Crippen LogP) is 3.39. The number of carbonyl (C=O) groups is 2. The van der Waals surface area contributed by atoms with Crippen LogP contribution in [0.5, 0.6) is 11.5 Å². The Kier molecular flexibility index (Phi) is 8.02. The molecule has 0 aliphatic rings. The van der Waals surface area contributed by atoms with Crippen molar-refractivity contribution >= 4 is 29.8 Å². The summed E-state index contributed by atoms with van der Waals surface area (Å²) in [6.45, 7) is 0. The van der Waals surface area contributed by atoms with Crippen LogP contribution in [0.2, 0.25) is 0 Å². The first-order valence-electron chi connectivity index (χ1n) is 10.4. The number of carbonyl (C=O) groups excluding carboxylic acids is 2. The van der Waals surface area contributed by atoms with E-state index in [1.807, 2.05) is 43.3 Å². The van der Waals surface area contributed by atoms with Crippen LogP contribution >= 0.6 is 0 Å². The van der Waals surface area contributed by atoms with Gasteiger partial charge < -0.3 is 20.1 Å². The third kappa shape index (κ3) is 6.46. The molecular formula is C26H26N4O4. The molecule has 0 aliphatic carbocycles. The second kappa shape index (κ2) is 11.3. The van der Waals surface area contributed by atoms with E-state index in [0.717, 1.165) is 11.3 Å². The van der Waals surface area contributed by atoms with Crippen LogP contribution in [0.3, 0.4) is 0 Å². The van der Waals surface area contributed by atoms with Gasteiger partial charge in [0.25, 0.3) is 11.8 Å². The summed E-state index contributed by atoms with van der Waals surface area (Å²) in [5, 5.41) is 16.5. The summed E-state index contributed by atoms with van der Waals surface area (Å²) in [4.78, 5) is 27.5. The molecule has 34 heavy (non-hydrogen) atoms. The van der Waals surface area contributed by atoms with Gasteiger partial charge in [-0.1, -0.05) is 30.3 Å². The monoisotopic (exact) mass is 458 g/mol. The number of benzene rings is 3. The van der Waals surface area contributed by atoms with Gasteiger partial charge in [0.2, 0.25) is 0 Å². The Bertz CT molecular complexity index is 1200. The molecule has 0 heterocycles. The fourth-order valence-electron chi connectivity index (χ4n) is 2.96. The summed E-state index contributed by atoms with van der Waals surface area (Å²) >= 11 is 0. The molecule has 0 aliphatic heterocycles. The number of ether oxygens (including phenoxy) is 1. The maximum absolute atomic E-state index is 12.9. The molecule has 0 aromatic heterocycles. The quantitative estimate of drug-likeness (QED) is 0.273. The number of methoxy groups -OCH3 is 1. The Morgan fingerprint density at radius 3 is 2.35 bits per heavy atom. The molecule has 0 unspecified atom stereocenters. The molecule has 3 aromatic rings. The zero-order valence-electron chi connectivity index (χ0n) is 19.1. The van der Waals surface area contributed by atoms with Gasteiger partial charge in [0, 0.05) is 30.9 Å². The first-order chi connectivity index (χ1) is 16.4. The molecule has 0 bridgehead atoms. The summed E-state index contributed by atoms with van der Waals surface area (Å²) in [7, 11) is 5.37. The van der Waals surface area contributed by atoms with Crippen LogP contribution in [0.15, 0.2) is 83.6 Å². The second-order valence-electron chi connectivity index (χ2n) is 7.49. The average molecular weight is 459 g/mol. The minimum absolute atomic E-state index is 0.0125. The highest BCUT2D eigenvalue weighted by molar-refractivity contribution is 6.05. The Morgan fingerprint density at radius 1 is 1.00 bits per heavy atom. The number of hydrazone groups is 1. The Balaban J connectivity index is 1.83. The highest BCUT2D eigenvalue weighted by Crippen LogP contribution is 2.21. The maximum atomic E-state index is 12.9. The molecule has 174 valence electrons. The largest absolute Gasteiger partial charge is 0.507 e. The second-order valence-corrected chi connectivity index (χ2v) is 7.49. The summed E-state index contributed by atoms with van der Waals surface area (Å²) in [5.74, 6) is -0.545. The van der Waals surface area contributed by atoms with Crippen molar-refractivity contribution < 1.29 is 19.4 Å². The van der Waals surface area contributed by atoms with Gasteiger partial charge in [-0.3, -0.25) is 9.59 Å². The van der Waals surface area contributed by atoms with E-state index >= 15 is 0 Å². The molecule has 0 fully saturated rings. The van der Waals surface area contributed by atoms with Crippen LogP contribution in [0, 0.1) is 0 Å². The number of rotatable bonds is 8. The normalized spacial score (nSPS) is 11.2. The Labute approximate surface area is 198 Å². The molecular weight excluding hydrogens is 432 g/mol. The van der Waals surface area contributed by atoms with Crippen molar-refractivity contribution in [2.24, 2.45) is 5.10 Å². The van der Waals surface area contributed by atoms with E-state index in [0.29, 0.717) is 16.9 Å². The standard InChI is InChI=1S/C26H26N4O4/c1-30(2)21-11-9-18(10-12-21)15-23(28-25(32)19-7-5-4-6-8-19)26(33)29-27-17-20-16-22(34-3)13-14-24(20)31/h4-17,31H,1-3H3,(H,28,32)(H,29,33)/b23-15+,27-17+. The number of amides is 2. The lowest BCUT2D eigenvalue weighted by molar-refractivity contribution is -0.117. The molecule has 0 atom stereocenters. The predicted molar refractivity (Wildman–Crippen MR) is 133 cm³/mol. The lowest BCUT2D eigenvalue weighted by atomic mass is 10.1. The molecule has 8 nitrogen and oxygen atoms in total. The van der Waals surface area contributed by atoms with E-state index in [-0.39, 0.29) is 11.4 Å². The van der Waals surface area contributed by atoms with Gasteiger partial charge in [-0.2, -0.15) is 5.10 Å². The zero-order chi connectivity index (χ0) is 24.5. The van der Waals surface area contributed by atoms with Gasteiger partial charge in [-0.25, -0.2) is 5.43 Å². The van der Waals surface area contributed by atoms with Gasteiger partial charge in [0.1, 0.15) is 17.2 Å². The lowest BCUT2D eigenvalue weighted by Gasteiger charge is -2.12. The van der Waals surface area contributed by atoms with Crippen molar-refractivity contribution in [3.8, 4) is 11.5 Å². The van der Waals surface area contributed by atoms with Crippen molar-refractivity contribution in [3.05, 3.63) is 95.2 Å². The van der Waals surface area contributed by atoms with E-state index in [1.165, 1.54) is 19.4 Å².